The van der Waals surface area contributed by atoms with Crippen LogP contribution >= 0.6 is 23.5 Å². The van der Waals surface area contributed by atoms with Crippen molar-refractivity contribution in [3.63, 3.8) is 0 Å². The molecule has 0 radical (unpaired) electrons. The summed E-state index contributed by atoms with van der Waals surface area (Å²) in [6.45, 7) is -0.0588. The van der Waals surface area contributed by atoms with Crippen LogP contribution in [0.4, 0.5) is 0 Å². The normalized spacial score (nSPS) is 15.0. The lowest BCUT2D eigenvalue weighted by Gasteiger charge is -2.10. The largest absolute Gasteiger partial charge is 0.484 e. The van der Waals surface area contributed by atoms with Crippen molar-refractivity contribution in [2.75, 3.05) is 18.1 Å². The van der Waals surface area contributed by atoms with Crippen molar-refractivity contribution < 1.29 is 9.53 Å². The van der Waals surface area contributed by atoms with E-state index < -0.39 is 0 Å². The molecule has 24 heavy (non-hydrogen) atoms. The van der Waals surface area contributed by atoms with E-state index in [0.29, 0.717) is 10.3 Å². The zero-order valence-electron chi connectivity index (χ0n) is 13.3. The molecule has 1 amide bonds. The molecular formula is C17H19N3O2S2. The smallest absolute Gasteiger partial charge is 0.277 e. The Balaban J connectivity index is 1.44. The second-order valence-corrected chi connectivity index (χ2v) is 7.99. The van der Waals surface area contributed by atoms with Crippen LogP contribution in [0, 0.1) is 0 Å². The number of carbonyl (C=O) groups excluding carboxylic acids is 1. The van der Waals surface area contributed by atoms with E-state index in [2.05, 4.69) is 22.7 Å². The molecule has 0 unspecified atom stereocenters. The maximum absolute atomic E-state index is 11.7. The molecule has 1 aliphatic rings. The van der Waals surface area contributed by atoms with E-state index in [-0.39, 0.29) is 12.5 Å². The molecule has 1 N–H and O–H groups in total. The highest BCUT2D eigenvalue weighted by Gasteiger charge is 2.17. The van der Waals surface area contributed by atoms with Gasteiger partial charge in [-0.1, -0.05) is 12.1 Å². The number of ether oxygens (including phenoxy) is 1. The van der Waals surface area contributed by atoms with Crippen LogP contribution in [0.2, 0.25) is 0 Å². The third-order valence-corrected chi connectivity index (χ3v) is 6.62. The first-order valence-corrected chi connectivity index (χ1v) is 9.71. The maximum atomic E-state index is 11.7. The molecule has 1 fully saturated rings. The van der Waals surface area contributed by atoms with Crippen LogP contribution in [-0.2, 0) is 11.8 Å². The minimum absolute atomic E-state index is 0.0588. The minimum Gasteiger partial charge on any atom is -0.484 e. The van der Waals surface area contributed by atoms with Gasteiger partial charge in [-0.3, -0.25) is 4.79 Å². The Kier molecular flexibility index (Phi) is 5.87. The van der Waals surface area contributed by atoms with Gasteiger partial charge in [0.25, 0.3) is 5.91 Å². The number of aromatic nitrogens is 1. The number of rotatable bonds is 6. The number of amides is 1. The number of benzene rings is 1. The minimum atomic E-state index is -0.286. The number of hydrazone groups is 1. The molecule has 126 valence electrons. The van der Waals surface area contributed by atoms with Gasteiger partial charge in [0.2, 0.25) is 0 Å². The molecule has 1 aromatic carbocycles. The van der Waals surface area contributed by atoms with Crippen LogP contribution in [0.25, 0.3) is 0 Å². The van der Waals surface area contributed by atoms with Gasteiger partial charge in [0, 0.05) is 24.8 Å². The van der Waals surface area contributed by atoms with Gasteiger partial charge in [-0.15, -0.1) is 23.5 Å². The quantitative estimate of drug-likeness (QED) is 0.635. The van der Waals surface area contributed by atoms with E-state index in [1.165, 1.54) is 17.1 Å². The molecule has 1 saturated heterocycles. The third-order valence-electron chi connectivity index (χ3n) is 3.51. The lowest BCUT2D eigenvalue weighted by atomic mass is 10.2. The Hall–Kier alpha value is -1.86. The van der Waals surface area contributed by atoms with E-state index in [0.717, 1.165) is 5.69 Å². The highest BCUT2D eigenvalue weighted by Crippen LogP contribution is 2.45. The number of nitrogens with zero attached hydrogens (tertiary/aromatic N) is 2. The fourth-order valence-corrected chi connectivity index (χ4v) is 5.09. The predicted octanol–water partition coefficient (Wildman–Crippen LogP) is 3.03. The van der Waals surface area contributed by atoms with Crippen molar-refractivity contribution in [1.82, 2.24) is 9.99 Å². The summed E-state index contributed by atoms with van der Waals surface area (Å²) in [4.78, 5) is 11.7. The van der Waals surface area contributed by atoms with Crippen LogP contribution in [0.5, 0.6) is 5.75 Å². The second-order valence-electron chi connectivity index (χ2n) is 5.27. The number of aryl methyl sites for hydroxylation is 1. The standard InChI is InChI=1S/C17H19N3O2S2/c1-20-8-2-3-14(20)11-18-19-16(21)12-22-15-6-4-13(5-7-15)17-23-9-10-24-17/h2-8,11,17H,9-10,12H2,1H3,(H,19,21)/b18-11-. The fraction of sp³-hybridized carbons (Fsp3) is 0.294. The highest BCUT2D eigenvalue weighted by atomic mass is 32.2. The predicted molar refractivity (Wildman–Crippen MR) is 101 cm³/mol. The molecule has 3 rings (SSSR count). The zero-order valence-corrected chi connectivity index (χ0v) is 15.0. The van der Waals surface area contributed by atoms with Crippen LogP contribution in [0.3, 0.4) is 0 Å². The summed E-state index contributed by atoms with van der Waals surface area (Å²) in [5.74, 6) is 2.81. The second kappa shape index (κ2) is 8.30. The molecule has 1 aromatic heterocycles. The average Bonchev–Trinajstić information content (AvgIpc) is 3.26. The van der Waals surface area contributed by atoms with Crippen molar-refractivity contribution in [1.29, 1.82) is 0 Å². The van der Waals surface area contributed by atoms with Crippen molar-refractivity contribution in [3.8, 4) is 5.75 Å². The lowest BCUT2D eigenvalue weighted by molar-refractivity contribution is -0.123. The molecule has 0 bridgehead atoms. The van der Waals surface area contributed by atoms with Gasteiger partial charge in [-0.25, -0.2) is 5.43 Å². The average molecular weight is 361 g/mol. The summed E-state index contributed by atoms with van der Waals surface area (Å²) < 4.78 is 7.93. The molecule has 2 heterocycles. The highest BCUT2D eigenvalue weighted by molar-refractivity contribution is 8.19. The van der Waals surface area contributed by atoms with E-state index in [1.807, 2.05) is 65.6 Å². The van der Waals surface area contributed by atoms with Gasteiger partial charge in [0.1, 0.15) is 5.75 Å². The van der Waals surface area contributed by atoms with Gasteiger partial charge in [-0.2, -0.15) is 5.10 Å². The van der Waals surface area contributed by atoms with Crippen molar-refractivity contribution in [2.24, 2.45) is 12.1 Å². The topological polar surface area (TPSA) is 55.6 Å². The van der Waals surface area contributed by atoms with Gasteiger partial charge >= 0.3 is 0 Å². The number of carbonyl (C=O) groups is 1. The van der Waals surface area contributed by atoms with E-state index in [4.69, 9.17) is 4.74 Å². The van der Waals surface area contributed by atoms with E-state index in [9.17, 15) is 4.79 Å². The van der Waals surface area contributed by atoms with Gasteiger partial charge < -0.3 is 9.30 Å². The molecule has 7 heteroatoms. The van der Waals surface area contributed by atoms with Gasteiger partial charge in [0.15, 0.2) is 6.61 Å². The Bertz CT molecular complexity index is 707. The maximum Gasteiger partial charge on any atom is 0.277 e. The van der Waals surface area contributed by atoms with Crippen LogP contribution in [-0.4, -0.2) is 34.8 Å². The molecule has 0 spiro atoms. The van der Waals surface area contributed by atoms with Crippen molar-refractivity contribution in [2.45, 2.75) is 4.58 Å². The first kappa shape index (κ1) is 17.0. The Morgan fingerprint density at radius 3 is 2.75 bits per heavy atom. The van der Waals surface area contributed by atoms with Crippen molar-refractivity contribution >= 4 is 35.6 Å². The number of thioether (sulfide) groups is 2. The summed E-state index contributed by atoms with van der Waals surface area (Å²) in [7, 11) is 1.92. The molecule has 5 nitrogen and oxygen atoms in total. The molecule has 0 saturated carbocycles. The fourth-order valence-electron chi connectivity index (χ4n) is 2.23. The first-order valence-electron chi connectivity index (χ1n) is 7.61. The molecule has 0 aliphatic carbocycles. The molecule has 0 atom stereocenters. The van der Waals surface area contributed by atoms with Crippen LogP contribution in [0.1, 0.15) is 15.8 Å². The lowest BCUT2D eigenvalue weighted by Crippen LogP contribution is -2.24. The van der Waals surface area contributed by atoms with Crippen molar-refractivity contribution in [3.05, 3.63) is 53.9 Å². The first-order chi connectivity index (χ1) is 11.7. The number of hydrogen-bond donors (Lipinski definition) is 1. The summed E-state index contributed by atoms with van der Waals surface area (Å²) >= 11 is 3.94. The molecular weight excluding hydrogens is 342 g/mol. The summed E-state index contributed by atoms with van der Waals surface area (Å²) in [5, 5.41) is 3.92. The van der Waals surface area contributed by atoms with Crippen LogP contribution in [0.15, 0.2) is 47.7 Å². The summed E-state index contributed by atoms with van der Waals surface area (Å²) in [6, 6.07) is 11.8. The monoisotopic (exact) mass is 361 g/mol. The Morgan fingerprint density at radius 1 is 1.33 bits per heavy atom. The SMILES string of the molecule is Cn1cccc1/C=N\NC(=O)COc1ccc(C2SCCS2)cc1. The van der Waals surface area contributed by atoms with E-state index >= 15 is 0 Å². The van der Waals surface area contributed by atoms with Gasteiger partial charge in [0.05, 0.1) is 16.5 Å². The molecule has 1 aliphatic heterocycles. The number of hydrogen-bond acceptors (Lipinski definition) is 5. The Morgan fingerprint density at radius 2 is 2.08 bits per heavy atom. The van der Waals surface area contributed by atoms with E-state index in [1.54, 1.807) is 6.21 Å². The summed E-state index contributed by atoms with van der Waals surface area (Å²) in [5.41, 5.74) is 4.67. The number of nitrogens with one attached hydrogen (secondary N) is 1. The van der Waals surface area contributed by atoms with Gasteiger partial charge in [-0.05, 0) is 29.8 Å². The Labute approximate surface area is 149 Å². The summed E-state index contributed by atoms with van der Waals surface area (Å²) in [6.07, 6.45) is 3.52. The van der Waals surface area contributed by atoms with Crippen LogP contribution < -0.4 is 10.2 Å². The third kappa shape index (κ3) is 4.58. The molecule has 2 aromatic rings. The zero-order chi connectivity index (χ0) is 16.8.